The Morgan fingerprint density at radius 2 is 2.19 bits per heavy atom. The number of hydrogen-bond acceptors (Lipinski definition) is 3. The molecule has 2 aliphatic rings. The molecule has 0 spiro atoms. The third-order valence-corrected chi connectivity index (χ3v) is 3.99. The Morgan fingerprint density at radius 1 is 1.25 bits per heavy atom. The van der Waals surface area contributed by atoms with Gasteiger partial charge in [-0.3, -0.25) is 0 Å². The third kappa shape index (κ3) is 4.04. The van der Waals surface area contributed by atoms with E-state index in [9.17, 15) is 0 Å². The van der Waals surface area contributed by atoms with Crippen molar-refractivity contribution in [3.63, 3.8) is 0 Å². The summed E-state index contributed by atoms with van der Waals surface area (Å²) in [6.45, 7) is 9.65. The number of nitrogens with one attached hydrogen (secondary N) is 2. The van der Waals surface area contributed by atoms with Gasteiger partial charge in [-0.2, -0.15) is 0 Å². The topological polar surface area (TPSA) is 27.3 Å². The van der Waals surface area contributed by atoms with E-state index in [0.29, 0.717) is 0 Å². The molecule has 1 aliphatic heterocycles. The smallest absolute Gasteiger partial charge is 0.0107 e. The van der Waals surface area contributed by atoms with Crippen molar-refractivity contribution in [3.05, 3.63) is 0 Å². The van der Waals surface area contributed by atoms with Crippen molar-refractivity contribution in [2.45, 2.75) is 38.6 Å². The Hall–Kier alpha value is -0.120. The van der Waals surface area contributed by atoms with E-state index in [1.807, 2.05) is 0 Å². The highest BCUT2D eigenvalue weighted by molar-refractivity contribution is 4.78. The van der Waals surface area contributed by atoms with E-state index in [4.69, 9.17) is 0 Å². The summed E-state index contributed by atoms with van der Waals surface area (Å²) in [6, 6.07) is 0.806. The lowest BCUT2D eigenvalue weighted by Gasteiger charge is -2.21. The van der Waals surface area contributed by atoms with Gasteiger partial charge in [0, 0.05) is 32.2 Å². The van der Waals surface area contributed by atoms with Crippen molar-refractivity contribution in [2.24, 2.45) is 5.92 Å². The zero-order valence-corrected chi connectivity index (χ0v) is 10.7. The summed E-state index contributed by atoms with van der Waals surface area (Å²) in [5.41, 5.74) is 0. The van der Waals surface area contributed by atoms with Crippen LogP contribution in [0.25, 0.3) is 0 Å². The predicted octanol–water partition coefficient (Wildman–Crippen LogP) is 1.06. The molecule has 2 N–H and O–H groups in total. The molecule has 0 aromatic heterocycles. The summed E-state index contributed by atoms with van der Waals surface area (Å²) in [4.78, 5) is 2.59. The summed E-state index contributed by atoms with van der Waals surface area (Å²) >= 11 is 0. The van der Waals surface area contributed by atoms with Gasteiger partial charge in [0.25, 0.3) is 0 Å². The van der Waals surface area contributed by atoms with Gasteiger partial charge in [0.1, 0.15) is 0 Å². The minimum absolute atomic E-state index is 0.806. The molecule has 94 valence electrons. The van der Waals surface area contributed by atoms with E-state index in [-0.39, 0.29) is 0 Å². The summed E-state index contributed by atoms with van der Waals surface area (Å²) in [5, 5.41) is 7.17. The van der Waals surface area contributed by atoms with Crippen LogP contribution in [-0.2, 0) is 0 Å². The molecule has 3 nitrogen and oxygen atoms in total. The van der Waals surface area contributed by atoms with Crippen LogP contribution >= 0.6 is 0 Å². The van der Waals surface area contributed by atoms with Crippen LogP contribution in [0.3, 0.4) is 0 Å². The molecule has 2 unspecified atom stereocenters. The van der Waals surface area contributed by atoms with Crippen LogP contribution in [0.4, 0.5) is 0 Å². The molecular weight excluding hydrogens is 198 g/mol. The molecule has 16 heavy (non-hydrogen) atoms. The average Bonchev–Trinajstić information content (AvgIpc) is 2.54. The predicted molar refractivity (Wildman–Crippen MR) is 68.7 cm³/mol. The molecule has 2 fully saturated rings. The minimum Gasteiger partial charge on any atom is -0.315 e. The standard InChI is InChI=1S/C13H27N3/c1-12-3-4-13(11-12)15-7-10-16-8-2-5-14-6-9-16/h12-15H,2-11H2,1H3. The number of rotatable bonds is 4. The van der Waals surface area contributed by atoms with Gasteiger partial charge in [0.2, 0.25) is 0 Å². The van der Waals surface area contributed by atoms with Crippen LogP contribution in [0, 0.1) is 5.92 Å². The summed E-state index contributed by atoms with van der Waals surface area (Å²) < 4.78 is 0. The molecule has 1 saturated heterocycles. The van der Waals surface area contributed by atoms with Crippen LogP contribution in [0.1, 0.15) is 32.6 Å². The van der Waals surface area contributed by atoms with Crippen LogP contribution in [-0.4, -0.2) is 50.2 Å². The zero-order chi connectivity index (χ0) is 11.2. The lowest BCUT2D eigenvalue weighted by Crippen LogP contribution is -2.37. The first kappa shape index (κ1) is 12.3. The first-order valence-electron chi connectivity index (χ1n) is 7.01. The molecule has 1 heterocycles. The van der Waals surface area contributed by atoms with Gasteiger partial charge in [-0.15, -0.1) is 0 Å². The molecule has 0 aromatic carbocycles. The highest BCUT2D eigenvalue weighted by Gasteiger charge is 2.20. The van der Waals surface area contributed by atoms with Crippen LogP contribution in [0.5, 0.6) is 0 Å². The quantitative estimate of drug-likeness (QED) is 0.749. The lowest BCUT2D eigenvalue weighted by molar-refractivity contribution is 0.285. The average molecular weight is 225 g/mol. The van der Waals surface area contributed by atoms with Gasteiger partial charge in [-0.1, -0.05) is 6.92 Å². The monoisotopic (exact) mass is 225 g/mol. The summed E-state index contributed by atoms with van der Waals surface area (Å²) in [5.74, 6) is 0.944. The molecule has 3 heteroatoms. The molecule has 0 radical (unpaired) electrons. The van der Waals surface area contributed by atoms with Crippen molar-refractivity contribution in [1.82, 2.24) is 15.5 Å². The number of nitrogens with zero attached hydrogens (tertiary/aromatic N) is 1. The second-order valence-electron chi connectivity index (χ2n) is 5.51. The largest absolute Gasteiger partial charge is 0.315 e. The van der Waals surface area contributed by atoms with E-state index in [0.717, 1.165) is 12.0 Å². The fourth-order valence-electron chi connectivity index (χ4n) is 2.94. The molecule has 2 rings (SSSR count). The highest BCUT2D eigenvalue weighted by Crippen LogP contribution is 2.24. The Balaban J connectivity index is 1.56. The first-order valence-corrected chi connectivity index (χ1v) is 7.01. The summed E-state index contributed by atoms with van der Waals surface area (Å²) in [7, 11) is 0. The molecule has 1 saturated carbocycles. The fraction of sp³-hybridized carbons (Fsp3) is 1.00. The molecule has 0 amide bonds. The van der Waals surface area contributed by atoms with Crippen LogP contribution in [0.2, 0.25) is 0 Å². The second kappa shape index (κ2) is 6.58. The van der Waals surface area contributed by atoms with E-state index in [1.54, 1.807) is 0 Å². The van der Waals surface area contributed by atoms with Gasteiger partial charge in [0.15, 0.2) is 0 Å². The lowest BCUT2D eigenvalue weighted by atomic mass is 10.1. The van der Waals surface area contributed by atoms with Gasteiger partial charge in [-0.05, 0) is 44.7 Å². The van der Waals surface area contributed by atoms with E-state index < -0.39 is 0 Å². The molecule has 1 aliphatic carbocycles. The first-order chi connectivity index (χ1) is 7.84. The molecule has 0 bridgehead atoms. The zero-order valence-electron chi connectivity index (χ0n) is 10.7. The van der Waals surface area contributed by atoms with Crippen molar-refractivity contribution in [2.75, 3.05) is 39.3 Å². The molecule has 2 atom stereocenters. The van der Waals surface area contributed by atoms with Crippen LogP contribution in [0.15, 0.2) is 0 Å². The molecule has 0 aromatic rings. The minimum atomic E-state index is 0.806. The van der Waals surface area contributed by atoms with Crippen molar-refractivity contribution >= 4 is 0 Å². The maximum atomic E-state index is 3.72. The Kier molecular flexibility index (Phi) is 5.07. The van der Waals surface area contributed by atoms with Crippen molar-refractivity contribution in [3.8, 4) is 0 Å². The van der Waals surface area contributed by atoms with Crippen LogP contribution < -0.4 is 10.6 Å². The SMILES string of the molecule is CC1CCC(NCCN2CCCNCC2)C1. The molecular formula is C13H27N3. The van der Waals surface area contributed by atoms with Gasteiger partial charge < -0.3 is 15.5 Å². The second-order valence-corrected chi connectivity index (χ2v) is 5.51. The third-order valence-electron chi connectivity index (χ3n) is 3.99. The Bertz CT molecular complexity index is 188. The maximum absolute atomic E-state index is 3.72. The summed E-state index contributed by atoms with van der Waals surface area (Å²) in [6.07, 6.45) is 5.51. The van der Waals surface area contributed by atoms with Crippen molar-refractivity contribution < 1.29 is 0 Å². The Morgan fingerprint density at radius 3 is 3.00 bits per heavy atom. The van der Waals surface area contributed by atoms with E-state index in [2.05, 4.69) is 22.5 Å². The van der Waals surface area contributed by atoms with Crippen molar-refractivity contribution in [1.29, 1.82) is 0 Å². The normalized spacial score (nSPS) is 32.8. The van der Waals surface area contributed by atoms with E-state index >= 15 is 0 Å². The Labute approximate surface area is 100.0 Å². The highest BCUT2D eigenvalue weighted by atomic mass is 15.2. The fourth-order valence-corrected chi connectivity index (χ4v) is 2.94. The van der Waals surface area contributed by atoms with E-state index in [1.165, 1.54) is 65.0 Å². The number of hydrogen-bond donors (Lipinski definition) is 2. The van der Waals surface area contributed by atoms with Gasteiger partial charge in [-0.25, -0.2) is 0 Å². The van der Waals surface area contributed by atoms with Gasteiger partial charge in [0.05, 0.1) is 0 Å². The van der Waals surface area contributed by atoms with Gasteiger partial charge >= 0.3 is 0 Å². The maximum Gasteiger partial charge on any atom is 0.0107 e.